The summed E-state index contributed by atoms with van der Waals surface area (Å²) < 4.78 is 13.5. The third-order valence-electron chi connectivity index (χ3n) is 4.42. The fourth-order valence-electron chi connectivity index (χ4n) is 2.67. The summed E-state index contributed by atoms with van der Waals surface area (Å²) in [6.45, 7) is 3.71. The number of nitrogens with one attached hydrogen (secondary N) is 2. The van der Waals surface area contributed by atoms with Crippen LogP contribution in [0.5, 0.6) is 0 Å². The standard InChI is InChI=1S/C20H20Br2N2O4/c1-11-12(2)28-20(24-18(26)14-5-9-16(22)10-6-14)19(27-11)23-17(25)13-3-7-15(21)8-4-13/h3-12,19-20H,1-2H3,(H,23,25)(H,24,26)/t11-,12-,19-,20+/m0/s1. The molecule has 1 saturated heterocycles. The van der Waals surface area contributed by atoms with Gasteiger partial charge in [0.1, 0.15) is 0 Å². The third-order valence-corrected chi connectivity index (χ3v) is 5.48. The fraction of sp³-hybridized carbons (Fsp3) is 0.300. The second kappa shape index (κ2) is 9.17. The molecule has 0 bridgehead atoms. The van der Waals surface area contributed by atoms with Gasteiger partial charge in [-0.05, 0) is 62.4 Å². The van der Waals surface area contributed by atoms with E-state index in [2.05, 4.69) is 42.5 Å². The Balaban J connectivity index is 1.72. The molecular weight excluding hydrogens is 492 g/mol. The summed E-state index contributed by atoms with van der Waals surface area (Å²) in [4.78, 5) is 25.1. The van der Waals surface area contributed by atoms with E-state index in [0.717, 1.165) is 8.95 Å². The summed E-state index contributed by atoms with van der Waals surface area (Å²) in [6, 6.07) is 13.9. The molecule has 4 atom stereocenters. The molecule has 1 heterocycles. The molecule has 0 saturated carbocycles. The van der Waals surface area contributed by atoms with Crippen LogP contribution in [0.1, 0.15) is 34.6 Å². The molecule has 3 rings (SSSR count). The largest absolute Gasteiger partial charge is 0.348 e. The van der Waals surface area contributed by atoms with E-state index in [0.29, 0.717) is 11.1 Å². The van der Waals surface area contributed by atoms with Gasteiger partial charge in [-0.1, -0.05) is 31.9 Å². The summed E-state index contributed by atoms with van der Waals surface area (Å²) in [6.07, 6.45) is -2.12. The van der Waals surface area contributed by atoms with Gasteiger partial charge in [0.25, 0.3) is 11.8 Å². The van der Waals surface area contributed by atoms with Crippen LogP contribution in [-0.4, -0.2) is 36.5 Å². The maximum absolute atomic E-state index is 12.6. The van der Waals surface area contributed by atoms with Crippen molar-refractivity contribution in [2.45, 2.75) is 38.5 Å². The molecule has 2 aromatic carbocycles. The average Bonchev–Trinajstić information content (AvgIpc) is 2.66. The summed E-state index contributed by atoms with van der Waals surface area (Å²) in [5.41, 5.74) is 0.965. The van der Waals surface area contributed by atoms with Gasteiger partial charge in [-0.25, -0.2) is 0 Å². The Hall–Kier alpha value is -1.74. The van der Waals surface area contributed by atoms with Gasteiger partial charge in [0, 0.05) is 20.1 Å². The predicted octanol–water partition coefficient (Wildman–Crippen LogP) is 3.85. The zero-order chi connectivity index (χ0) is 20.3. The topological polar surface area (TPSA) is 76.7 Å². The first kappa shape index (κ1) is 21.0. The molecule has 0 unspecified atom stereocenters. The highest BCUT2D eigenvalue weighted by Gasteiger charge is 2.37. The van der Waals surface area contributed by atoms with Crippen LogP contribution in [0.15, 0.2) is 57.5 Å². The van der Waals surface area contributed by atoms with Crippen LogP contribution in [-0.2, 0) is 9.47 Å². The summed E-state index contributed by atoms with van der Waals surface area (Å²) in [5.74, 6) is -0.628. The first-order valence-electron chi connectivity index (χ1n) is 8.77. The van der Waals surface area contributed by atoms with E-state index in [1.165, 1.54) is 0 Å². The highest BCUT2D eigenvalue weighted by Crippen LogP contribution is 2.19. The van der Waals surface area contributed by atoms with Crippen LogP contribution in [0.4, 0.5) is 0 Å². The second-order valence-electron chi connectivity index (χ2n) is 6.48. The highest BCUT2D eigenvalue weighted by atomic mass is 79.9. The molecule has 8 heteroatoms. The first-order valence-corrected chi connectivity index (χ1v) is 10.4. The normalized spacial score (nSPS) is 24.4. The molecule has 2 amide bonds. The number of ether oxygens (including phenoxy) is 2. The monoisotopic (exact) mass is 510 g/mol. The van der Waals surface area contributed by atoms with Crippen LogP contribution in [0.3, 0.4) is 0 Å². The molecule has 2 aromatic rings. The maximum Gasteiger partial charge on any atom is 0.253 e. The summed E-state index contributed by atoms with van der Waals surface area (Å²) >= 11 is 6.69. The minimum Gasteiger partial charge on any atom is -0.348 e. The molecule has 0 spiro atoms. The van der Waals surface area contributed by atoms with Crippen molar-refractivity contribution in [2.75, 3.05) is 0 Å². The Labute approximate surface area is 180 Å². The molecule has 28 heavy (non-hydrogen) atoms. The van der Waals surface area contributed by atoms with Crippen LogP contribution < -0.4 is 10.6 Å². The van der Waals surface area contributed by atoms with E-state index in [-0.39, 0.29) is 24.0 Å². The molecule has 2 N–H and O–H groups in total. The Kier molecular flexibility index (Phi) is 6.87. The predicted molar refractivity (Wildman–Crippen MR) is 112 cm³/mol. The minimum absolute atomic E-state index is 0.240. The molecule has 1 aliphatic rings. The Bertz CT molecular complexity index is 771. The minimum atomic E-state index is -0.818. The van der Waals surface area contributed by atoms with Crippen molar-refractivity contribution in [1.82, 2.24) is 10.6 Å². The lowest BCUT2D eigenvalue weighted by molar-refractivity contribution is -0.220. The van der Waals surface area contributed by atoms with Gasteiger partial charge >= 0.3 is 0 Å². The number of hydrogen-bond acceptors (Lipinski definition) is 4. The Morgan fingerprint density at radius 1 is 0.714 bits per heavy atom. The van der Waals surface area contributed by atoms with Crippen LogP contribution in [0, 0.1) is 0 Å². The molecule has 1 fully saturated rings. The van der Waals surface area contributed by atoms with E-state index in [9.17, 15) is 9.59 Å². The van der Waals surface area contributed by atoms with Crippen molar-refractivity contribution in [2.24, 2.45) is 0 Å². The van der Waals surface area contributed by atoms with Crippen LogP contribution in [0.2, 0.25) is 0 Å². The van der Waals surface area contributed by atoms with Gasteiger partial charge in [0.2, 0.25) is 0 Å². The SMILES string of the molecule is C[C@@H]1O[C@@H](NC(=O)c2ccc(Br)cc2)[C@@H](NC(=O)c2ccc(Br)cc2)O[C@H]1C. The lowest BCUT2D eigenvalue weighted by Gasteiger charge is -2.39. The van der Waals surface area contributed by atoms with E-state index in [1.54, 1.807) is 48.5 Å². The number of hydrogen-bond donors (Lipinski definition) is 2. The number of rotatable bonds is 4. The molecule has 0 aliphatic carbocycles. The maximum atomic E-state index is 12.6. The van der Waals surface area contributed by atoms with Crippen molar-refractivity contribution in [3.63, 3.8) is 0 Å². The van der Waals surface area contributed by atoms with Gasteiger partial charge < -0.3 is 20.1 Å². The van der Waals surface area contributed by atoms with Crippen molar-refractivity contribution in [3.8, 4) is 0 Å². The second-order valence-corrected chi connectivity index (χ2v) is 8.32. The number of carbonyl (C=O) groups excluding carboxylic acids is 2. The van der Waals surface area contributed by atoms with E-state index in [1.807, 2.05) is 13.8 Å². The lowest BCUT2D eigenvalue weighted by atomic mass is 10.2. The number of amides is 2. The quantitative estimate of drug-likeness (QED) is 0.653. The lowest BCUT2D eigenvalue weighted by Crippen LogP contribution is -2.61. The fourth-order valence-corrected chi connectivity index (χ4v) is 3.20. The summed E-state index contributed by atoms with van der Waals surface area (Å²) in [5, 5.41) is 5.60. The molecule has 0 radical (unpaired) electrons. The molecular formula is C20H20Br2N2O4. The van der Waals surface area contributed by atoms with Crippen molar-refractivity contribution in [1.29, 1.82) is 0 Å². The Morgan fingerprint density at radius 3 is 1.36 bits per heavy atom. The molecule has 148 valence electrons. The molecule has 0 aromatic heterocycles. The molecule has 6 nitrogen and oxygen atoms in total. The van der Waals surface area contributed by atoms with Crippen LogP contribution in [0.25, 0.3) is 0 Å². The van der Waals surface area contributed by atoms with E-state index in [4.69, 9.17) is 9.47 Å². The van der Waals surface area contributed by atoms with Gasteiger partial charge in [0.15, 0.2) is 12.5 Å². The van der Waals surface area contributed by atoms with E-state index < -0.39 is 12.5 Å². The van der Waals surface area contributed by atoms with Gasteiger partial charge in [-0.2, -0.15) is 0 Å². The first-order chi connectivity index (χ1) is 13.3. The number of carbonyl (C=O) groups is 2. The third kappa shape index (κ3) is 5.20. The number of benzene rings is 2. The van der Waals surface area contributed by atoms with Gasteiger partial charge in [-0.15, -0.1) is 0 Å². The summed E-state index contributed by atoms with van der Waals surface area (Å²) in [7, 11) is 0. The van der Waals surface area contributed by atoms with Crippen LogP contribution >= 0.6 is 31.9 Å². The van der Waals surface area contributed by atoms with Gasteiger partial charge in [0.05, 0.1) is 12.2 Å². The zero-order valence-corrected chi connectivity index (χ0v) is 18.5. The van der Waals surface area contributed by atoms with Crippen molar-refractivity contribution >= 4 is 43.7 Å². The van der Waals surface area contributed by atoms with Crippen molar-refractivity contribution < 1.29 is 19.1 Å². The van der Waals surface area contributed by atoms with Gasteiger partial charge in [-0.3, -0.25) is 9.59 Å². The smallest absolute Gasteiger partial charge is 0.253 e. The zero-order valence-electron chi connectivity index (χ0n) is 15.3. The average molecular weight is 512 g/mol. The Morgan fingerprint density at radius 2 is 1.04 bits per heavy atom. The number of halogens is 2. The van der Waals surface area contributed by atoms with E-state index >= 15 is 0 Å². The highest BCUT2D eigenvalue weighted by molar-refractivity contribution is 9.10. The van der Waals surface area contributed by atoms with Crippen molar-refractivity contribution in [3.05, 3.63) is 68.6 Å². The molecule has 1 aliphatic heterocycles.